The number of anilines is 1. The molecule has 1 aromatic heterocycles. The van der Waals surface area contributed by atoms with E-state index >= 15 is 0 Å². The highest BCUT2D eigenvalue weighted by molar-refractivity contribution is 5.75. The maximum Gasteiger partial charge on any atom is 0.311 e. The van der Waals surface area contributed by atoms with Gasteiger partial charge in [-0.1, -0.05) is 0 Å². The number of hydrogen-bond acceptors (Lipinski definition) is 5. The second kappa shape index (κ2) is 5.18. The molecule has 7 heteroatoms. The summed E-state index contributed by atoms with van der Waals surface area (Å²) in [4.78, 5) is 28.8. The molecule has 0 bridgehead atoms. The zero-order chi connectivity index (χ0) is 13.0. The summed E-state index contributed by atoms with van der Waals surface area (Å²) >= 11 is 0. The van der Waals surface area contributed by atoms with Gasteiger partial charge in [0.05, 0.1) is 11.7 Å². The molecule has 3 N–H and O–H groups in total. The third kappa shape index (κ3) is 2.67. The second-order valence-corrected chi connectivity index (χ2v) is 4.35. The van der Waals surface area contributed by atoms with Gasteiger partial charge in [0.15, 0.2) is 0 Å². The van der Waals surface area contributed by atoms with Gasteiger partial charge in [-0.3, -0.25) is 9.59 Å². The Labute approximate surface area is 103 Å². The summed E-state index contributed by atoms with van der Waals surface area (Å²) in [5.74, 6) is -0.464. The number of aromatic amines is 1. The number of carbonyl (C=O) groups is 1. The van der Waals surface area contributed by atoms with Gasteiger partial charge in [-0.2, -0.15) is 0 Å². The Morgan fingerprint density at radius 1 is 1.56 bits per heavy atom. The number of ether oxygens (including phenoxy) is 1. The fourth-order valence-corrected chi connectivity index (χ4v) is 1.95. The van der Waals surface area contributed by atoms with Crippen molar-refractivity contribution >= 4 is 11.8 Å². The Balaban J connectivity index is 2.06. The van der Waals surface area contributed by atoms with Crippen molar-refractivity contribution in [3.63, 3.8) is 0 Å². The van der Waals surface area contributed by atoms with Crippen molar-refractivity contribution in [1.29, 1.82) is 0 Å². The Hall–Kier alpha value is -1.89. The van der Waals surface area contributed by atoms with Crippen LogP contribution in [0.4, 0.5) is 5.82 Å². The number of rotatable bonds is 4. The zero-order valence-corrected chi connectivity index (χ0v) is 9.81. The van der Waals surface area contributed by atoms with Gasteiger partial charge in [-0.25, -0.2) is 4.98 Å². The molecular weight excluding hydrogens is 238 g/mol. The maximum absolute atomic E-state index is 11.4. The predicted octanol–water partition coefficient (Wildman–Crippen LogP) is 0.0632. The summed E-state index contributed by atoms with van der Waals surface area (Å²) < 4.78 is 5.18. The minimum atomic E-state index is -0.845. The van der Waals surface area contributed by atoms with Gasteiger partial charge in [0, 0.05) is 25.8 Å². The van der Waals surface area contributed by atoms with Crippen molar-refractivity contribution in [2.75, 3.05) is 25.1 Å². The normalized spacial score (nSPS) is 18.2. The monoisotopic (exact) mass is 253 g/mol. The number of carboxylic acids is 1. The van der Waals surface area contributed by atoms with Crippen LogP contribution in [0.2, 0.25) is 0 Å². The van der Waals surface area contributed by atoms with E-state index in [-0.39, 0.29) is 12.1 Å². The van der Waals surface area contributed by atoms with E-state index in [1.165, 1.54) is 12.4 Å². The maximum atomic E-state index is 11.4. The largest absolute Gasteiger partial charge is 0.481 e. The molecule has 0 radical (unpaired) electrons. The number of aliphatic carboxylic acids is 1. The highest BCUT2D eigenvalue weighted by Gasteiger charge is 2.40. The topological polar surface area (TPSA) is 104 Å². The van der Waals surface area contributed by atoms with Gasteiger partial charge in [-0.15, -0.1) is 0 Å². The van der Waals surface area contributed by atoms with E-state index in [9.17, 15) is 14.7 Å². The smallest absolute Gasteiger partial charge is 0.311 e. The Bertz CT molecular complexity index is 479. The molecule has 1 aliphatic rings. The van der Waals surface area contributed by atoms with E-state index in [1.54, 1.807) is 0 Å². The lowest BCUT2D eigenvalue weighted by Crippen LogP contribution is -2.42. The Morgan fingerprint density at radius 2 is 2.28 bits per heavy atom. The van der Waals surface area contributed by atoms with Gasteiger partial charge in [0.2, 0.25) is 0 Å². The molecule has 7 nitrogen and oxygen atoms in total. The minimum absolute atomic E-state index is 0.238. The average molecular weight is 253 g/mol. The molecular formula is C11H15N3O4. The first-order chi connectivity index (χ1) is 8.62. The van der Waals surface area contributed by atoms with Crippen LogP contribution in [-0.4, -0.2) is 40.8 Å². The molecule has 1 aliphatic heterocycles. The zero-order valence-electron chi connectivity index (χ0n) is 9.81. The fourth-order valence-electron chi connectivity index (χ4n) is 1.95. The average Bonchev–Trinajstić information content (AvgIpc) is 2.37. The number of hydrogen-bond donors (Lipinski definition) is 3. The van der Waals surface area contributed by atoms with E-state index in [0.29, 0.717) is 31.9 Å². The number of aromatic nitrogens is 2. The van der Waals surface area contributed by atoms with Crippen LogP contribution in [-0.2, 0) is 9.53 Å². The SMILES string of the molecule is O=C(O)C1(CNc2cc(=O)[nH]cn2)CCOCC1. The van der Waals surface area contributed by atoms with Gasteiger partial charge in [-0.05, 0) is 12.8 Å². The van der Waals surface area contributed by atoms with Crippen LogP contribution in [0, 0.1) is 5.41 Å². The van der Waals surface area contributed by atoms with Crippen molar-refractivity contribution in [2.24, 2.45) is 5.41 Å². The molecule has 2 heterocycles. The lowest BCUT2D eigenvalue weighted by atomic mass is 9.80. The van der Waals surface area contributed by atoms with Gasteiger partial charge >= 0.3 is 5.97 Å². The highest BCUT2D eigenvalue weighted by atomic mass is 16.5. The van der Waals surface area contributed by atoms with Gasteiger partial charge in [0.25, 0.3) is 5.56 Å². The quantitative estimate of drug-likeness (QED) is 0.701. The van der Waals surface area contributed by atoms with Crippen LogP contribution in [0.1, 0.15) is 12.8 Å². The molecule has 0 spiro atoms. The van der Waals surface area contributed by atoms with Gasteiger partial charge < -0.3 is 20.1 Å². The van der Waals surface area contributed by atoms with E-state index < -0.39 is 11.4 Å². The highest BCUT2D eigenvalue weighted by Crippen LogP contribution is 2.30. The van der Waals surface area contributed by atoms with E-state index in [1.807, 2.05) is 0 Å². The molecule has 18 heavy (non-hydrogen) atoms. The summed E-state index contributed by atoms with van der Waals surface area (Å²) in [5, 5.41) is 12.2. The van der Waals surface area contributed by atoms with Crippen molar-refractivity contribution in [3.05, 3.63) is 22.7 Å². The first-order valence-corrected chi connectivity index (χ1v) is 5.72. The molecule has 0 saturated carbocycles. The number of nitrogens with zero attached hydrogens (tertiary/aromatic N) is 1. The molecule has 98 valence electrons. The summed E-state index contributed by atoms with van der Waals surface area (Å²) in [6.45, 7) is 1.12. The minimum Gasteiger partial charge on any atom is -0.481 e. The molecule has 0 aliphatic carbocycles. The molecule has 1 saturated heterocycles. The summed E-state index contributed by atoms with van der Waals surface area (Å²) in [6, 6.07) is 1.30. The third-order valence-electron chi connectivity index (χ3n) is 3.19. The van der Waals surface area contributed by atoms with Crippen LogP contribution in [0.3, 0.4) is 0 Å². The number of nitrogens with one attached hydrogen (secondary N) is 2. The summed E-state index contributed by atoms with van der Waals surface area (Å²) in [5.41, 5.74) is -1.12. The molecule has 0 atom stereocenters. The molecule has 1 aromatic rings. The van der Waals surface area contributed by atoms with E-state index in [2.05, 4.69) is 15.3 Å². The molecule has 0 aromatic carbocycles. The Kier molecular flexibility index (Phi) is 3.61. The molecule has 2 rings (SSSR count). The molecule has 0 unspecified atom stereocenters. The van der Waals surface area contributed by atoms with Crippen molar-refractivity contribution in [3.8, 4) is 0 Å². The lowest BCUT2D eigenvalue weighted by molar-refractivity contribution is -0.153. The fraction of sp³-hybridized carbons (Fsp3) is 0.545. The van der Waals surface area contributed by atoms with Crippen LogP contribution in [0.25, 0.3) is 0 Å². The van der Waals surface area contributed by atoms with Crippen molar-refractivity contribution < 1.29 is 14.6 Å². The van der Waals surface area contributed by atoms with Crippen molar-refractivity contribution in [1.82, 2.24) is 9.97 Å². The van der Waals surface area contributed by atoms with Crippen LogP contribution >= 0.6 is 0 Å². The third-order valence-corrected chi connectivity index (χ3v) is 3.19. The number of carboxylic acid groups (broad SMARTS) is 1. The summed E-state index contributed by atoms with van der Waals surface area (Å²) in [6.07, 6.45) is 2.19. The summed E-state index contributed by atoms with van der Waals surface area (Å²) in [7, 11) is 0. The standard InChI is InChI=1S/C11H15N3O4/c15-9-5-8(13-7-14-9)12-6-11(10(16)17)1-3-18-4-2-11/h5,7H,1-4,6H2,(H,16,17)(H2,12,13,14,15). The van der Waals surface area contributed by atoms with E-state index in [0.717, 1.165) is 0 Å². The molecule has 1 fully saturated rings. The van der Waals surface area contributed by atoms with E-state index in [4.69, 9.17) is 4.74 Å². The van der Waals surface area contributed by atoms with Crippen LogP contribution in [0.15, 0.2) is 17.2 Å². The number of H-pyrrole nitrogens is 1. The van der Waals surface area contributed by atoms with Crippen LogP contribution < -0.4 is 10.9 Å². The lowest BCUT2D eigenvalue weighted by Gasteiger charge is -2.33. The van der Waals surface area contributed by atoms with Crippen LogP contribution in [0.5, 0.6) is 0 Å². The predicted molar refractivity (Wildman–Crippen MR) is 63.5 cm³/mol. The van der Waals surface area contributed by atoms with Gasteiger partial charge in [0.1, 0.15) is 5.82 Å². The first-order valence-electron chi connectivity index (χ1n) is 5.72. The second-order valence-electron chi connectivity index (χ2n) is 4.35. The molecule has 0 amide bonds. The van der Waals surface area contributed by atoms with Crippen molar-refractivity contribution in [2.45, 2.75) is 12.8 Å². The first kappa shape index (κ1) is 12.6. The Morgan fingerprint density at radius 3 is 2.89 bits per heavy atom.